The zero-order valence-electron chi connectivity index (χ0n) is 9.95. The fourth-order valence-electron chi connectivity index (χ4n) is 2.36. The minimum Gasteiger partial charge on any atom is -0.337 e. The van der Waals surface area contributed by atoms with Crippen molar-refractivity contribution in [1.29, 1.82) is 0 Å². The molecule has 0 amide bonds. The van der Waals surface area contributed by atoms with E-state index >= 15 is 0 Å². The Kier molecular flexibility index (Phi) is 3.15. The molecule has 0 aromatic carbocycles. The van der Waals surface area contributed by atoms with Gasteiger partial charge in [0, 0.05) is 17.8 Å². The average molecular weight is 234 g/mol. The summed E-state index contributed by atoms with van der Waals surface area (Å²) in [4.78, 5) is 6.25. The molecule has 1 heterocycles. The van der Waals surface area contributed by atoms with Crippen molar-refractivity contribution in [3.05, 3.63) is 40.5 Å². The topological polar surface area (TPSA) is 31.6 Å². The maximum Gasteiger partial charge on any atom is 0.174 e. The molecule has 0 radical (unpaired) electrons. The van der Waals surface area contributed by atoms with Crippen molar-refractivity contribution >= 4 is 12.2 Å². The molecule has 0 saturated heterocycles. The number of hydrogen-bond acceptors (Lipinski definition) is 1. The van der Waals surface area contributed by atoms with Crippen molar-refractivity contribution in [1.82, 2.24) is 9.97 Å². The Morgan fingerprint density at radius 1 is 1.44 bits per heavy atom. The number of hydrogen-bond donors (Lipinski definition) is 2. The average Bonchev–Trinajstić information content (AvgIpc) is 2.68. The second-order valence-electron chi connectivity index (χ2n) is 4.65. The van der Waals surface area contributed by atoms with Crippen LogP contribution in [0.15, 0.2) is 30.0 Å². The van der Waals surface area contributed by atoms with E-state index in [-0.39, 0.29) is 0 Å². The van der Waals surface area contributed by atoms with Crippen molar-refractivity contribution in [2.45, 2.75) is 26.7 Å². The van der Waals surface area contributed by atoms with Gasteiger partial charge in [-0.2, -0.15) is 0 Å². The highest BCUT2D eigenvalue weighted by Gasteiger charge is 2.25. The number of allylic oxidation sites excluding steroid dienone is 4. The molecule has 0 spiro atoms. The smallest absolute Gasteiger partial charge is 0.174 e. The van der Waals surface area contributed by atoms with E-state index in [4.69, 9.17) is 12.2 Å². The van der Waals surface area contributed by atoms with Crippen LogP contribution in [0.4, 0.5) is 0 Å². The van der Waals surface area contributed by atoms with Crippen LogP contribution in [0.3, 0.4) is 0 Å². The number of nitrogens with one attached hydrogen (secondary N) is 2. The molecule has 1 aromatic heterocycles. The van der Waals surface area contributed by atoms with Crippen LogP contribution < -0.4 is 0 Å². The molecule has 2 nitrogen and oxygen atoms in total. The summed E-state index contributed by atoms with van der Waals surface area (Å²) in [6.45, 7) is 6.74. The minimum absolute atomic E-state index is 0.461. The second-order valence-corrected chi connectivity index (χ2v) is 5.06. The van der Waals surface area contributed by atoms with E-state index in [1.807, 2.05) is 6.20 Å². The molecule has 3 atom stereocenters. The first-order valence-corrected chi connectivity index (χ1v) is 6.13. The number of aromatic nitrogens is 2. The van der Waals surface area contributed by atoms with Crippen LogP contribution in [-0.4, -0.2) is 9.97 Å². The van der Waals surface area contributed by atoms with E-state index in [2.05, 4.69) is 49.0 Å². The summed E-state index contributed by atoms with van der Waals surface area (Å²) < 4.78 is 0.710. The summed E-state index contributed by atoms with van der Waals surface area (Å²) in [6, 6.07) is 0. The van der Waals surface area contributed by atoms with Crippen LogP contribution in [0.25, 0.3) is 0 Å². The zero-order valence-corrected chi connectivity index (χ0v) is 10.8. The van der Waals surface area contributed by atoms with Gasteiger partial charge in [0.2, 0.25) is 0 Å². The molecule has 2 unspecified atom stereocenters. The lowest BCUT2D eigenvalue weighted by Crippen LogP contribution is -2.19. The van der Waals surface area contributed by atoms with Crippen molar-refractivity contribution < 1.29 is 0 Å². The van der Waals surface area contributed by atoms with Crippen molar-refractivity contribution in [2.75, 3.05) is 0 Å². The monoisotopic (exact) mass is 234 g/mol. The maximum absolute atomic E-state index is 5.07. The number of rotatable bonds is 2. The predicted octanol–water partition coefficient (Wildman–Crippen LogP) is 3.94. The van der Waals surface area contributed by atoms with Gasteiger partial charge in [-0.1, -0.05) is 37.6 Å². The lowest BCUT2D eigenvalue weighted by molar-refractivity contribution is 0.413. The summed E-state index contributed by atoms with van der Waals surface area (Å²) in [5.41, 5.74) is 2.65. The summed E-state index contributed by atoms with van der Waals surface area (Å²) in [7, 11) is 0. The van der Waals surface area contributed by atoms with E-state index < -0.39 is 0 Å². The highest BCUT2D eigenvalue weighted by molar-refractivity contribution is 7.71. The molecule has 3 heteroatoms. The van der Waals surface area contributed by atoms with E-state index in [1.54, 1.807) is 0 Å². The van der Waals surface area contributed by atoms with Crippen LogP contribution in [0, 0.1) is 16.6 Å². The maximum atomic E-state index is 5.07. The van der Waals surface area contributed by atoms with Gasteiger partial charge < -0.3 is 9.97 Å². The van der Waals surface area contributed by atoms with Gasteiger partial charge in [-0.3, -0.25) is 0 Å². The van der Waals surface area contributed by atoms with Crippen molar-refractivity contribution in [2.24, 2.45) is 11.8 Å². The molecule has 0 fully saturated rings. The molecular weight excluding hydrogens is 216 g/mol. The third kappa shape index (κ3) is 2.05. The fourth-order valence-corrected chi connectivity index (χ4v) is 2.53. The van der Waals surface area contributed by atoms with Gasteiger partial charge in [0.25, 0.3) is 0 Å². The Labute approximate surface area is 101 Å². The SMILES string of the molecule is CC1=CC=CC([C@@H](C)c2c[nH]c(=S)[nH]2)C1C. The third-order valence-corrected chi connectivity index (χ3v) is 3.89. The van der Waals surface area contributed by atoms with Gasteiger partial charge in [0.05, 0.1) is 0 Å². The number of aromatic amines is 2. The Morgan fingerprint density at radius 2 is 2.19 bits per heavy atom. The van der Waals surface area contributed by atoms with Crippen LogP contribution in [-0.2, 0) is 0 Å². The number of imidazole rings is 1. The first-order valence-electron chi connectivity index (χ1n) is 5.72. The van der Waals surface area contributed by atoms with Crippen molar-refractivity contribution in [3.63, 3.8) is 0 Å². The molecule has 0 aliphatic heterocycles. The third-order valence-electron chi connectivity index (χ3n) is 3.67. The van der Waals surface area contributed by atoms with Crippen LogP contribution in [0.1, 0.15) is 32.4 Å². The Morgan fingerprint density at radius 3 is 2.81 bits per heavy atom. The highest BCUT2D eigenvalue weighted by atomic mass is 32.1. The van der Waals surface area contributed by atoms with Gasteiger partial charge in [0.15, 0.2) is 4.77 Å². The van der Waals surface area contributed by atoms with Crippen molar-refractivity contribution in [3.8, 4) is 0 Å². The molecular formula is C13H18N2S. The second kappa shape index (κ2) is 4.42. The van der Waals surface area contributed by atoms with Crippen LogP contribution in [0.2, 0.25) is 0 Å². The highest BCUT2D eigenvalue weighted by Crippen LogP contribution is 2.35. The standard InChI is InChI=1S/C13H18N2S/c1-8-5-4-6-11(9(8)2)10(3)12-7-14-13(16)15-12/h4-7,9-11H,1-3H3,(H2,14,15,16)/t9?,10-,11?/m1/s1. The van der Waals surface area contributed by atoms with Gasteiger partial charge in [-0.15, -0.1) is 0 Å². The Balaban J connectivity index is 2.23. The minimum atomic E-state index is 0.461. The van der Waals surface area contributed by atoms with E-state index in [1.165, 1.54) is 11.3 Å². The summed E-state index contributed by atoms with van der Waals surface area (Å²) in [6.07, 6.45) is 8.65. The molecule has 0 bridgehead atoms. The summed E-state index contributed by atoms with van der Waals surface area (Å²) in [5.74, 6) is 1.60. The van der Waals surface area contributed by atoms with Gasteiger partial charge in [-0.05, 0) is 31.0 Å². The zero-order chi connectivity index (χ0) is 11.7. The quantitative estimate of drug-likeness (QED) is 0.746. The summed E-state index contributed by atoms with van der Waals surface area (Å²) in [5, 5.41) is 0. The first kappa shape index (κ1) is 11.4. The van der Waals surface area contributed by atoms with Crippen LogP contribution in [0.5, 0.6) is 0 Å². The molecule has 1 aromatic rings. The van der Waals surface area contributed by atoms with E-state index in [0.717, 1.165) is 0 Å². The predicted molar refractivity (Wildman–Crippen MR) is 69.9 cm³/mol. The fraction of sp³-hybridized carbons (Fsp3) is 0.462. The molecule has 1 aliphatic carbocycles. The largest absolute Gasteiger partial charge is 0.337 e. The van der Waals surface area contributed by atoms with Crippen LogP contribution >= 0.6 is 12.2 Å². The molecule has 2 rings (SSSR count). The lowest BCUT2D eigenvalue weighted by atomic mass is 9.76. The molecule has 0 saturated carbocycles. The Hall–Kier alpha value is -1.09. The number of H-pyrrole nitrogens is 2. The van der Waals surface area contributed by atoms with E-state index in [9.17, 15) is 0 Å². The summed E-state index contributed by atoms with van der Waals surface area (Å²) >= 11 is 5.07. The molecule has 1 aliphatic rings. The first-order chi connectivity index (χ1) is 7.59. The molecule has 86 valence electrons. The molecule has 2 N–H and O–H groups in total. The van der Waals surface area contributed by atoms with E-state index in [0.29, 0.717) is 22.5 Å². The van der Waals surface area contributed by atoms with Gasteiger partial charge >= 0.3 is 0 Å². The lowest BCUT2D eigenvalue weighted by Gasteiger charge is -2.29. The van der Waals surface area contributed by atoms with Gasteiger partial charge in [-0.25, -0.2) is 0 Å². The van der Waals surface area contributed by atoms with Gasteiger partial charge in [0.1, 0.15) is 0 Å². The molecule has 16 heavy (non-hydrogen) atoms. The normalized spacial score (nSPS) is 26.6. The Bertz CT molecular complexity index is 478.